The smallest absolute Gasteiger partial charge is 0.411 e. The first-order valence-electron chi connectivity index (χ1n) is 7.68. The lowest BCUT2D eigenvalue weighted by atomic mass is 9.90. The van der Waals surface area contributed by atoms with E-state index >= 15 is 0 Å². The summed E-state index contributed by atoms with van der Waals surface area (Å²) < 4.78 is 10.5. The number of likely N-dealkylation sites (tertiary alicyclic amines) is 1. The van der Waals surface area contributed by atoms with Crippen LogP contribution in [0.1, 0.15) is 44.3 Å². The summed E-state index contributed by atoms with van der Waals surface area (Å²) in [4.78, 5) is 31.1. The molecule has 2 rings (SSSR count). The Morgan fingerprint density at radius 2 is 2.13 bits per heavy atom. The Morgan fingerprint density at radius 3 is 2.65 bits per heavy atom. The van der Waals surface area contributed by atoms with Gasteiger partial charge in [-0.3, -0.25) is 4.90 Å². The molecule has 23 heavy (non-hydrogen) atoms. The van der Waals surface area contributed by atoms with Gasteiger partial charge in [-0.2, -0.15) is 0 Å². The number of amides is 1. The largest absolute Gasteiger partial charge is 0.467 e. The Kier molecular flexibility index (Phi) is 4.98. The highest BCUT2D eigenvalue weighted by Gasteiger charge is 2.52. The van der Waals surface area contributed by atoms with E-state index in [2.05, 4.69) is 4.98 Å². The van der Waals surface area contributed by atoms with Crippen molar-refractivity contribution >= 4 is 23.4 Å². The van der Waals surface area contributed by atoms with E-state index < -0.39 is 23.2 Å². The lowest BCUT2D eigenvalue weighted by Gasteiger charge is -2.36. The summed E-state index contributed by atoms with van der Waals surface area (Å²) in [5.41, 5.74) is -0.843. The van der Waals surface area contributed by atoms with Gasteiger partial charge in [0.05, 0.1) is 17.8 Å². The number of aromatic nitrogens is 1. The molecule has 0 saturated carbocycles. The van der Waals surface area contributed by atoms with Crippen molar-refractivity contribution in [2.45, 2.75) is 58.1 Å². The number of nitrogens with zero attached hydrogens (tertiary/aromatic N) is 2. The molecule has 0 radical (unpaired) electrons. The second-order valence-corrected chi connectivity index (χ2v) is 7.86. The minimum absolute atomic E-state index is 0.350. The van der Waals surface area contributed by atoms with Gasteiger partial charge >= 0.3 is 12.1 Å². The van der Waals surface area contributed by atoms with Crippen molar-refractivity contribution in [2.24, 2.45) is 0 Å². The van der Waals surface area contributed by atoms with E-state index in [1.807, 2.05) is 33.1 Å². The number of rotatable bonds is 3. The predicted molar refractivity (Wildman–Crippen MR) is 87.5 cm³/mol. The third-order valence-electron chi connectivity index (χ3n) is 3.81. The first kappa shape index (κ1) is 17.7. The quantitative estimate of drug-likeness (QED) is 0.791. The normalized spacial score (nSPS) is 21.3. The van der Waals surface area contributed by atoms with Crippen LogP contribution >= 0.6 is 11.3 Å². The molecule has 1 amide bonds. The Balaban J connectivity index is 2.32. The van der Waals surface area contributed by atoms with Gasteiger partial charge in [-0.1, -0.05) is 0 Å². The molecule has 0 spiro atoms. The highest BCUT2D eigenvalue weighted by Crippen LogP contribution is 2.35. The highest BCUT2D eigenvalue weighted by atomic mass is 32.1. The van der Waals surface area contributed by atoms with Gasteiger partial charge in [0, 0.05) is 18.3 Å². The van der Waals surface area contributed by atoms with E-state index in [1.165, 1.54) is 23.3 Å². The molecule has 128 valence electrons. The highest BCUT2D eigenvalue weighted by molar-refractivity contribution is 7.09. The van der Waals surface area contributed by atoms with Gasteiger partial charge in [-0.05, 0) is 40.5 Å². The van der Waals surface area contributed by atoms with Crippen molar-refractivity contribution < 1.29 is 19.1 Å². The number of thiazole rings is 1. The molecule has 7 heteroatoms. The molecule has 1 aromatic rings. The molecular formula is C16H24N2O4S. The van der Waals surface area contributed by atoms with Crippen molar-refractivity contribution in [3.8, 4) is 0 Å². The number of methoxy groups -OCH3 is 1. The molecule has 1 atom stereocenters. The number of aryl methyl sites for hydroxylation is 1. The monoisotopic (exact) mass is 340 g/mol. The van der Waals surface area contributed by atoms with E-state index in [0.29, 0.717) is 19.4 Å². The zero-order chi connectivity index (χ0) is 17.3. The van der Waals surface area contributed by atoms with Crippen LogP contribution in [0.15, 0.2) is 5.38 Å². The van der Waals surface area contributed by atoms with Crippen molar-refractivity contribution in [1.82, 2.24) is 9.88 Å². The van der Waals surface area contributed by atoms with Crippen LogP contribution in [0, 0.1) is 6.92 Å². The molecule has 6 nitrogen and oxygen atoms in total. The number of carbonyl (C=O) groups excluding carboxylic acids is 2. The first-order valence-corrected chi connectivity index (χ1v) is 8.56. The minimum Gasteiger partial charge on any atom is -0.467 e. The zero-order valence-corrected chi connectivity index (χ0v) is 15.2. The molecule has 1 saturated heterocycles. The standard InChI is InChI=1S/C16H24N2O4S/c1-11-17-12(10-23-11)9-16(13(19)21-5)7-6-8-18(16)14(20)22-15(2,3)4/h10H,6-9H2,1-5H3. The molecular weight excluding hydrogens is 316 g/mol. The molecule has 1 aliphatic rings. The lowest BCUT2D eigenvalue weighted by Crippen LogP contribution is -2.56. The van der Waals surface area contributed by atoms with E-state index in [1.54, 1.807) is 0 Å². The molecule has 2 heterocycles. The summed E-state index contributed by atoms with van der Waals surface area (Å²) in [5.74, 6) is -0.411. The first-order chi connectivity index (χ1) is 10.7. The number of hydrogen-bond acceptors (Lipinski definition) is 6. The van der Waals surface area contributed by atoms with Crippen molar-refractivity contribution in [1.29, 1.82) is 0 Å². The van der Waals surface area contributed by atoms with E-state index in [4.69, 9.17) is 9.47 Å². The summed E-state index contributed by atoms with van der Waals surface area (Å²) >= 11 is 1.53. The molecule has 1 fully saturated rings. The Bertz CT molecular complexity index is 593. The van der Waals surface area contributed by atoms with Crippen LogP contribution in [0.25, 0.3) is 0 Å². The Hall–Kier alpha value is -1.63. The zero-order valence-electron chi connectivity index (χ0n) is 14.3. The summed E-state index contributed by atoms with van der Waals surface area (Å²) in [7, 11) is 1.35. The fraction of sp³-hybridized carbons (Fsp3) is 0.688. The average Bonchev–Trinajstić information content (AvgIpc) is 3.03. The molecule has 1 aliphatic heterocycles. The number of ether oxygens (including phenoxy) is 2. The van der Waals surface area contributed by atoms with Gasteiger partial charge in [0.25, 0.3) is 0 Å². The van der Waals surface area contributed by atoms with Gasteiger partial charge in [0.2, 0.25) is 0 Å². The fourth-order valence-electron chi connectivity index (χ4n) is 2.91. The third kappa shape index (κ3) is 3.83. The summed E-state index contributed by atoms with van der Waals surface area (Å²) in [5, 5.41) is 2.85. The molecule has 1 aromatic heterocycles. The maximum atomic E-state index is 12.6. The van der Waals surface area contributed by atoms with Crippen LogP contribution < -0.4 is 0 Å². The van der Waals surface area contributed by atoms with Crippen LogP contribution in [-0.4, -0.2) is 46.7 Å². The summed E-state index contributed by atoms with van der Waals surface area (Å²) in [6.45, 7) is 7.83. The Morgan fingerprint density at radius 1 is 1.43 bits per heavy atom. The van der Waals surface area contributed by atoms with E-state index in [0.717, 1.165) is 17.1 Å². The van der Waals surface area contributed by atoms with Crippen molar-refractivity contribution in [3.63, 3.8) is 0 Å². The molecule has 0 bridgehead atoms. The van der Waals surface area contributed by atoms with Crippen LogP contribution in [0.2, 0.25) is 0 Å². The summed E-state index contributed by atoms with van der Waals surface area (Å²) in [6.07, 6.45) is 1.16. The van der Waals surface area contributed by atoms with Crippen LogP contribution in [-0.2, 0) is 20.7 Å². The number of hydrogen-bond donors (Lipinski definition) is 0. The van der Waals surface area contributed by atoms with Gasteiger partial charge in [-0.25, -0.2) is 14.6 Å². The SMILES string of the molecule is COC(=O)C1(Cc2csc(C)n2)CCCN1C(=O)OC(C)(C)C. The fourth-order valence-corrected chi connectivity index (χ4v) is 3.52. The maximum Gasteiger partial charge on any atom is 0.411 e. The number of esters is 1. The molecule has 1 unspecified atom stereocenters. The van der Waals surface area contributed by atoms with Gasteiger partial charge in [0.1, 0.15) is 11.1 Å². The average molecular weight is 340 g/mol. The van der Waals surface area contributed by atoms with Gasteiger partial charge in [0.15, 0.2) is 0 Å². The molecule has 0 aromatic carbocycles. The van der Waals surface area contributed by atoms with Gasteiger partial charge in [-0.15, -0.1) is 11.3 Å². The maximum absolute atomic E-state index is 12.6. The van der Waals surface area contributed by atoms with Crippen LogP contribution in [0.3, 0.4) is 0 Å². The third-order valence-corrected chi connectivity index (χ3v) is 4.63. The van der Waals surface area contributed by atoms with Crippen molar-refractivity contribution in [3.05, 3.63) is 16.1 Å². The van der Waals surface area contributed by atoms with Crippen LogP contribution in [0.4, 0.5) is 4.79 Å². The summed E-state index contributed by atoms with van der Waals surface area (Å²) in [6, 6.07) is 0. The minimum atomic E-state index is -1.03. The van der Waals surface area contributed by atoms with Crippen LogP contribution in [0.5, 0.6) is 0 Å². The topological polar surface area (TPSA) is 68.7 Å². The number of carbonyl (C=O) groups is 2. The molecule has 0 aliphatic carbocycles. The second-order valence-electron chi connectivity index (χ2n) is 6.79. The second kappa shape index (κ2) is 6.47. The predicted octanol–water partition coefficient (Wildman–Crippen LogP) is 2.94. The molecule has 0 N–H and O–H groups in total. The van der Waals surface area contributed by atoms with E-state index in [-0.39, 0.29) is 0 Å². The lowest BCUT2D eigenvalue weighted by molar-refractivity contribution is -0.153. The Labute approximate surface area is 140 Å². The van der Waals surface area contributed by atoms with Crippen molar-refractivity contribution in [2.75, 3.05) is 13.7 Å². The van der Waals surface area contributed by atoms with E-state index in [9.17, 15) is 9.59 Å². The van der Waals surface area contributed by atoms with Gasteiger partial charge < -0.3 is 9.47 Å².